The van der Waals surface area contributed by atoms with Crippen LogP contribution in [0.4, 0.5) is 0 Å². The fraction of sp³-hybridized carbons (Fsp3) is 0.684. The third-order valence-corrected chi connectivity index (χ3v) is 5.84. The largest absolute Gasteiger partial charge is 0.357 e. The molecule has 28 heavy (non-hydrogen) atoms. The molecule has 2 aromatic heterocycles. The number of hydrogen-bond donors (Lipinski definition) is 2. The molecule has 2 N–H and O–H groups in total. The van der Waals surface area contributed by atoms with Gasteiger partial charge in [0.05, 0.1) is 17.2 Å². The van der Waals surface area contributed by atoms with Gasteiger partial charge in [0.15, 0.2) is 5.96 Å². The highest BCUT2D eigenvalue weighted by molar-refractivity contribution is 14.0. The zero-order valence-corrected chi connectivity index (χ0v) is 20.3. The van der Waals surface area contributed by atoms with Crippen molar-refractivity contribution in [2.45, 2.75) is 72.4 Å². The molecule has 9 heteroatoms. The summed E-state index contributed by atoms with van der Waals surface area (Å²) in [5, 5.41) is 16.7. The second-order valence-electron chi connectivity index (χ2n) is 6.96. The SMILES string of the molecule is CCNC(=NCc1sc(C)nc1C)NCCCc1nnc2n1CCCCC2.I. The summed E-state index contributed by atoms with van der Waals surface area (Å²) in [7, 11) is 0. The van der Waals surface area contributed by atoms with Crippen LogP contribution < -0.4 is 10.6 Å². The van der Waals surface area contributed by atoms with Crippen molar-refractivity contribution in [2.75, 3.05) is 13.1 Å². The van der Waals surface area contributed by atoms with E-state index in [2.05, 4.69) is 44.2 Å². The van der Waals surface area contributed by atoms with E-state index in [1.807, 2.05) is 6.92 Å². The quantitative estimate of drug-likeness (QED) is 0.255. The van der Waals surface area contributed by atoms with Crippen LogP contribution in [0.1, 0.15) is 59.8 Å². The number of guanidine groups is 1. The van der Waals surface area contributed by atoms with E-state index in [0.717, 1.165) is 61.4 Å². The van der Waals surface area contributed by atoms with Crippen LogP contribution in [0.3, 0.4) is 0 Å². The summed E-state index contributed by atoms with van der Waals surface area (Å²) < 4.78 is 2.33. The lowest BCUT2D eigenvalue weighted by molar-refractivity contribution is 0.594. The summed E-state index contributed by atoms with van der Waals surface area (Å²) in [6.45, 7) is 9.65. The number of nitrogens with zero attached hydrogens (tertiary/aromatic N) is 5. The lowest BCUT2D eigenvalue weighted by atomic mass is 10.2. The lowest BCUT2D eigenvalue weighted by Gasteiger charge is -2.11. The Morgan fingerprint density at radius 1 is 1.18 bits per heavy atom. The number of hydrogen-bond acceptors (Lipinski definition) is 5. The Morgan fingerprint density at radius 2 is 2.04 bits per heavy atom. The van der Waals surface area contributed by atoms with E-state index in [-0.39, 0.29) is 24.0 Å². The van der Waals surface area contributed by atoms with Gasteiger partial charge in [-0.3, -0.25) is 0 Å². The third-order valence-electron chi connectivity index (χ3n) is 4.78. The zero-order valence-electron chi connectivity index (χ0n) is 17.1. The molecule has 0 aliphatic carbocycles. The van der Waals surface area contributed by atoms with Crippen LogP contribution in [0.2, 0.25) is 0 Å². The first kappa shape index (κ1) is 23.1. The van der Waals surface area contributed by atoms with Crippen molar-refractivity contribution in [1.82, 2.24) is 30.4 Å². The van der Waals surface area contributed by atoms with Crippen molar-refractivity contribution in [3.05, 3.63) is 27.2 Å². The van der Waals surface area contributed by atoms with E-state index < -0.39 is 0 Å². The van der Waals surface area contributed by atoms with E-state index in [0.29, 0.717) is 6.54 Å². The number of rotatable bonds is 7. The fourth-order valence-corrected chi connectivity index (χ4v) is 4.26. The molecule has 0 bridgehead atoms. The molecule has 0 aromatic carbocycles. The monoisotopic (exact) mass is 517 g/mol. The van der Waals surface area contributed by atoms with Crippen LogP contribution in [-0.4, -0.2) is 38.8 Å². The molecule has 1 aliphatic heterocycles. The Kier molecular flexibility index (Phi) is 9.63. The molecule has 2 aromatic rings. The number of fused-ring (bicyclic) bond motifs is 1. The number of aliphatic imine (C=N–C) groups is 1. The minimum absolute atomic E-state index is 0. The van der Waals surface area contributed by atoms with Gasteiger partial charge < -0.3 is 15.2 Å². The first-order valence-corrected chi connectivity index (χ1v) is 10.8. The Balaban J connectivity index is 0.00000280. The van der Waals surface area contributed by atoms with Crippen molar-refractivity contribution >= 4 is 41.3 Å². The highest BCUT2D eigenvalue weighted by atomic mass is 127. The van der Waals surface area contributed by atoms with Crippen LogP contribution in [0, 0.1) is 13.8 Å². The molecule has 3 rings (SSSR count). The first-order valence-electron chi connectivity index (χ1n) is 10.0. The summed E-state index contributed by atoms with van der Waals surface area (Å²) in [5.41, 5.74) is 1.09. The molecule has 0 saturated heterocycles. The molecular formula is C19H32IN7S. The molecular weight excluding hydrogens is 485 g/mol. The minimum Gasteiger partial charge on any atom is -0.357 e. The first-order chi connectivity index (χ1) is 13.2. The van der Waals surface area contributed by atoms with E-state index in [1.54, 1.807) is 11.3 Å². The van der Waals surface area contributed by atoms with Gasteiger partial charge in [0.1, 0.15) is 11.6 Å². The Morgan fingerprint density at radius 3 is 2.79 bits per heavy atom. The van der Waals surface area contributed by atoms with Gasteiger partial charge in [0.25, 0.3) is 0 Å². The molecule has 0 unspecified atom stereocenters. The van der Waals surface area contributed by atoms with Crippen LogP contribution in [0.5, 0.6) is 0 Å². The summed E-state index contributed by atoms with van der Waals surface area (Å²) in [6.07, 6.45) is 6.81. The van der Waals surface area contributed by atoms with Gasteiger partial charge in [-0.05, 0) is 40.0 Å². The predicted octanol–water partition coefficient (Wildman–Crippen LogP) is 3.38. The van der Waals surface area contributed by atoms with Crippen molar-refractivity contribution in [3.63, 3.8) is 0 Å². The van der Waals surface area contributed by atoms with Crippen LogP contribution in [-0.2, 0) is 25.9 Å². The summed E-state index contributed by atoms with van der Waals surface area (Å²) in [6, 6.07) is 0. The van der Waals surface area contributed by atoms with E-state index in [9.17, 15) is 0 Å². The van der Waals surface area contributed by atoms with Gasteiger partial charge >= 0.3 is 0 Å². The van der Waals surface area contributed by atoms with Gasteiger partial charge in [-0.1, -0.05) is 6.42 Å². The zero-order chi connectivity index (χ0) is 19.1. The van der Waals surface area contributed by atoms with Crippen molar-refractivity contribution in [2.24, 2.45) is 4.99 Å². The predicted molar refractivity (Wildman–Crippen MR) is 126 cm³/mol. The maximum Gasteiger partial charge on any atom is 0.191 e. The number of halogens is 1. The summed E-state index contributed by atoms with van der Waals surface area (Å²) >= 11 is 1.72. The van der Waals surface area contributed by atoms with E-state index >= 15 is 0 Å². The lowest BCUT2D eigenvalue weighted by Crippen LogP contribution is -2.37. The molecule has 0 spiro atoms. The van der Waals surface area contributed by atoms with Gasteiger partial charge in [-0.2, -0.15) is 0 Å². The van der Waals surface area contributed by atoms with Crippen LogP contribution in [0.25, 0.3) is 0 Å². The number of thiazole rings is 1. The molecule has 156 valence electrons. The third kappa shape index (κ3) is 6.40. The molecule has 0 saturated carbocycles. The van der Waals surface area contributed by atoms with Gasteiger partial charge in [0.2, 0.25) is 0 Å². The van der Waals surface area contributed by atoms with Crippen LogP contribution in [0.15, 0.2) is 4.99 Å². The van der Waals surface area contributed by atoms with Crippen molar-refractivity contribution < 1.29 is 0 Å². The van der Waals surface area contributed by atoms with Gasteiger partial charge in [-0.15, -0.1) is 45.5 Å². The second-order valence-corrected chi connectivity index (χ2v) is 8.25. The average Bonchev–Trinajstić information content (AvgIpc) is 3.08. The second kappa shape index (κ2) is 11.7. The topological polar surface area (TPSA) is 80.0 Å². The summed E-state index contributed by atoms with van der Waals surface area (Å²) in [5.74, 6) is 3.16. The van der Waals surface area contributed by atoms with Crippen molar-refractivity contribution in [1.29, 1.82) is 0 Å². The number of aromatic nitrogens is 4. The normalized spacial score (nSPS) is 14.2. The minimum atomic E-state index is 0. The molecule has 0 radical (unpaired) electrons. The smallest absolute Gasteiger partial charge is 0.191 e. The molecule has 1 aliphatic rings. The van der Waals surface area contributed by atoms with Gasteiger partial charge in [0, 0.05) is 37.4 Å². The standard InChI is InChI=1S/C19H31N7S.HI/c1-4-20-19(22-13-16-14(2)23-15(3)27-16)21-11-8-10-18-25-24-17-9-6-5-7-12-26(17)18;/h4-13H2,1-3H3,(H2,20,21,22);1H. The van der Waals surface area contributed by atoms with E-state index in [4.69, 9.17) is 4.99 Å². The Labute approximate surface area is 188 Å². The highest BCUT2D eigenvalue weighted by Crippen LogP contribution is 2.18. The fourth-order valence-electron chi connectivity index (χ4n) is 3.40. The Bertz CT molecular complexity index is 768. The maximum atomic E-state index is 4.71. The highest BCUT2D eigenvalue weighted by Gasteiger charge is 2.14. The van der Waals surface area contributed by atoms with E-state index in [1.165, 1.54) is 30.0 Å². The summed E-state index contributed by atoms with van der Waals surface area (Å²) in [4.78, 5) is 10.4. The molecule has 0 amide bonds. The molecule has 3 heterocycles. The number of nitrogens with one attached hydrogen (secondary N) is 2. The van der Waals surface area contributed by atoms with Gasteiger partial charge in [-0.25, -0.2) is 9.98 Å². The number of aryl methyl sites for hydroxylation is 4. The average molecular weight is 517 g/mol. The molecule has 0 fully saturated rings. The molecule has 7 nitrogen and oxygen atoms in total. The molecule has 0 atom stereocenters. The van der Waals surface area contributed by atoms with Crippen LogP contribution >= 0.6 is 35.3 Å². The Hall–Kier alpha value is -1.23. The maximum absolute atomic E-state index is 4.71. The van der Waals surface area contributed by atoms with Crippen molar-refractivity contribution in [3.8, 4) is 0 Å².